The average Bonchev–Trinajstić information content (AvgIpc) is 2.18. The van der Waals surface area contributed by atoms with Crippen molar-refractivity contribution in [3.8, 4) is 17.2 Å². The average molecular weight is 196 g/mol. The summed E-state index contributed by atoms with van der Waals surface area (Å²) in [5.41, 5.74) is 0.740. The SMILES string of the molecule is CCCCc1cc(O)cc(OC)c1O. The zero-order valence-corrected chi connectivity index (χ0v) is 8.58. The maximum atomic E-state index is 9.70. The fourth-order valence-electron chi connectivity index (χ4n) is 1.36. The number of hydrogen-bond donors (Lipinski definition) is 2. The van der Waals surface area contributed by atoms with Crippen LogP contribution in [0.25, 0.3) is 0 Å². The van der Waals surface area contributed by atoms with Crippen LogP contribution in [-0.2, 0) is 6.42 Å². The Morgan fingerprint density at radius 1 is 1.29 bits per heavy atom. The number of rotatable bonds is 4. The summed E-state index contributed by atoms with van der Waals surface area (Å²) >= 11 is 0. The minimum absolute atomic E-state index is 0.130. The maximum absolute atomic E-state index is 9.70. The van der Waals surface area contributed by atoms with Crippen molar-refractivity contribution in [2.24, 2.45) is 0 Å². The number of aryl methyl sites for hydroxylation is 1. The van der Waals surface area contributed by atoms with E-state index in [2.05, 4.69) is 6.92 Å². The molecule has 0 radical (unpaired) electrons. The Kier molecular flexibility index (Phi) is 3.63. The monoisotopic (exact) mass is 196 g/mol. The van der Waals surface area contributed by atoms with Gasteiger partial charge in [-0.25, -0.2) is 0 Å². The van der Waals surface area contributed by atoms with Crippen molar-refractivity contribution >= 4 is 0 Å². The summed E-state index contributed by atoms with van der Waals surface area (Å²) in [7, 11) is 1.47. The van der Waals surface area contributed by atoms with Crippen LogP contribution in [0.4, 0.5) is 0 Å². The smallest absolute Gasteiger partial charge is 0.164 e. The quantitative estimate of drug-likeness (QED) is 0.727. The largest absolute Gasteiger partial charge is 0.508 e. The Morgan fingerprint density at radius 2 is 2.00 bits per heavy atom. The molecule has 0 aliphatic heterocycles. The number of aromatic hydroxyl groups is 2. The van der Waals surface area contributed by atoms with Gasteiger partial charge >= 0.3 is 0 Å². The molecule has 0 amide bonds. The molecule has 3 heteroatoms. The molecular formula is C11H16O3. The third kappa shape index (κ3) is 2.31. The summed E-state index contributed by atoms with van der Waals surface area (Å²) in [6.07, 6.45) is 2.80. The minimum atomic E-state index is 0.130. The molecule has 0 aliphatic rings. The number of methoxy groups -OCH3 is 1. The van der Waals surface area contributed by atoms with Crippen molar-refractivity contribution in [3.63, 3.8) is 0 Å². The first-order valence-corrected chi connectivity index (χ1v) is 4.77. The molecule has 0 atom stereocenters. The van der Waals surface area contributed by atoms with E-state index in [0.717, 1.165) is 24.8 Å². The van der Waals surface area contributed by atoms with Gasteiger partial charge in [-0.3, -0.25) is 0 Å². The second kappa shape index (κ2) is 4.74. The van der Waals surface area contributed by atoms with Crippen molar-refractivity contribution < 1.29 is 14.9 Å². The predicted octanol–water partition coefficient (Wildman–Crippen LogP) is 2.45. The first-order chi connectivity index (χ1) is 6.69. The van der Waals surface area contributed by atoms with Gasteiger partial charge in [-0.1, -0.05) is 13.3 Å². The van der Waals surface area contributed by atoms with Gasteiger partial charge < -0.3 is 14.9 Å². The predicted molar refractivity (Wildman–Crippen MR) is 54.9 cm³/mol. The van der Waals surface area contributed by atoms with Crippen LogP contribution in [0.1, 0.15) is 25.3 Å². The molecule has 0 aromatic heterocycles. The zero-order chi connectivity index (χ0) is 10.6. The van der Waals surface area contributed by atoms with Crippen LogP contribution in [0.5, 0.6) is 17.2 Å². The zero-order valence-electron chi connectivity index (χ0n) is 8.58. The summed E-state index contributed by atoms with van der Waals surface area (Å²) in [6.45, 7) is 2.08. The Morgan fingerprint density at radius 3 is 2.57 bits per heavy atom. The van der Waals surface area contributed by atoms with E-state index >= 15 is 0 Å². The van der Waals surface area contributed by atoms with Crippen LogP contribution in [0.2, 0.25) is 0 Å². The highest BCUT2D eigenvalue weighted by Gasteiger charge is 2.09. The summed E-state index contributed by atoms with van der Waals surface area (Å²) in [5, 5.41) is 19.1. The molecule has 0 aliphatic carbocycles. The van der Waals surface area contributed by atoms with Crippen LogP contribution in [-0.4, -0.2) is 17.3 Å². The van der Waals surface area contributed by atoms with Gasteiger partial charge in [-0.2, -0.15) is 0 Å². The van der Waals surface area contributed by atoms with Crippen molar-refractivity contribution in [1.82, 2.24) is 0 Å². The van der Waals surface area contributed by atoms with Crippen molar-refractivity contribution in [1.29, 1.82) is 0 Å². The molecule has 0 fully saturated rings. The molecule has 3 nitrogen and oxygen atoms in total. The molecule has 0 saturated carbocycles. The molecular weight excluding hydrogens is 180 g/mol. The van der Waals surface area contributed by atoms with E-state index in [1.807, 2.05) is 0 Å². The van der Waals surface area contributed by atoms with Crippen molar-refractivity contribution in [2.75, 3.05) is 7.11 Å². The van der Waals surface area contributed by atoms with E-state index in [4.69, 9.17) is 4.74 Å². The van der Waals surface area contributed by atoms with E-state index in [0.29, 0.717) is 5.75 Å². The van der Waals surface area contributed by atoms with Gasteiger partial charge in [0.15, 0.2) is 11.5 Å². The molecule has 14 heavy (non-hydrogen) atoms. The highest BCUT2D eigenvalue weighted by atomic mass is 16.5. The van der Waals surface area contributed by atoms with Crippen LogP contribution in [0.3, 0.4) is 0 Å². The lowest BCUT2D eigenvalue weighted by Gasteiger charge is -2.09. The Labute approximate surface area is 84.0 Å². The molecule has 1 rings (SSSR count). The summed E-state index contributed by atoms with van der Waals surface area (Å²) in [6, 6.07) is 2.98. The summed E-state index contributed by atoms with van der Waals surface area (Å²) < 4.78 is 4.94. The van der Waals surface area contributed by atoms with Crippen molar-refractivity contribution in [2.45, 2.75) is 26.2 Å². The van der Waals surface area contributed by atoms with E-state index < -0.39 is 0 Å². The van der Waals surface area contributed by atoms with Gasteiger partial charge in [-0.15, -0.1) is 0 Å². The molecule has 0 bridgehead atoms. The third-order valence-corrected chi connectivity index (χ3v) is 2.16. The molecule has 0 saturated heterocycles. The third-order valence-electron chi connectivity index (χ3n) is 2.16. The molecule has 0 spiro atoms. The number of hydrogen-bond acceptors (Lipinski definition) is 3. The molecule has 0 heterocycles. The van der Waals surface area contributed by atoms with Gasteiger partial charge in [0.2, 0.25) is 0 Å². The number of ether oxygens (including phenoxy) is 1. The molecule has 1 aromatic carbocycles. The number of phenols is 2. The van der Waals surface area contributed by atoms with E-state index in [-0.39, 0.29) is 11.5 Å². The summed E-state index contributed by atoms with van der Waals surface area (Å²) in [5.74, 6) is 0.598. The van der Waals surface area contributed by atoms with Gasteiger partial charge in [0.05, 0.1) is 7.11 Å². The Bertz CT molecular complexity index is 308. The topological polar surface area (TPSA) is 49.7 Å². The van der Waals surface area contributed by atoms with Crippen LogP contribution in [0, 0.1) is 0 Å². The maximum Gasteiger partial charge on any atom is 0.164 e. The second-order valence-corrected chi connectivity index (χ2v) is 3.26. The van der Waals surface area contributed by atoms with Crippen LogP contribution in [0.15, 0.2) is 12.1 Å². The number of benzene rings is 1. The highest BCUT2D eigenvalue weighted by Crippen LogP contribution is 2.34. The lowest BCUT2D eigenvalue weighted by Crippen LogP contribution is -1.90. The molecule has 2 N–H and O–H groups in total. The Balaban J connectivity index is 2.96. The highest BCUT2D eigenvalue weighted by molar-refractivity contribution is 5.50. The van der Waals surface area contributed by atoms with E-state index in [9.17, 15) is 10.2 Å². The van der Waals surface area contributed by atoms with Crippen LogP contribution < -0.4 is 4.74 Å². The first kappa shape index (κ1) is 10.7. The molecule has 0 unspecified atom stereocenters. The molecule has 78 valence electrons. The normalized spacial score (nSPS) is 10.1. The minimum Gasteiger partial charge on any atom is -0.508 e. The van der Waals surface area contributed by atoms with Gasteiger partial charge in [-0.05, 0) is 18.9 Å². The molecule has 1 aromatic rings. The van der Waals surface area contributed by atoms with E-state index in [1.165, 1.54) is 13.2 Å². The number of phenolic OH excluding ortho intramolecular Hbond substituents is 2. The van der Waals surface area contributed by atoms with Gasteiger partial charge in [0.1, 0.15) is 5.75 Å². The van der Waals surface area contributed by atoms with Crippen molar-refractivity contribution in [3.05, 3.63) is 17.7 Å². The number of unbranched alkanes of at least 4 members (excludes halogenated alkanes) is 1. The lowest BCUT2D eigenvalue weighted by molar-refractivity contribution is 0.365. The first-order valence-electron chi connectivity index (χ1n) is 4.77. The fourth-order valence-corrected chi connectivity index (χ4v) is 1.36. The van der Waals surface area contributed by atoms with Gasteiger partial charge in [0, 0.05) is 11.6 Å². The second-order valence-electron chi connectivity index (χ2n) is 3.26. The standard InChI is InChI=1S/C11H16O3/c1-3-4-5-8-6-9(12)7-10(14-2)11(8)13/h6-7,12-13H,3-5H2,1-2H3. The van der Waals surface area contributed by atoms with Gasteiger partial charge in [0.25, 0.3) is 0 Å². The van der Waals surface area contributed by atoms with Crippen LogP contribution >= 0.6 is 0 Å². The fraction of sp³-hybridized carbons (Fsp3) is 0.455. The summed E-state index contributed by atoms with van der Waals surface area (Å²) in [4.78, 5) is 0. The Hall–Kier alpha value is -1.38. The lowest BCUT2D eigenvalue weighted by atomic mass is 10.1. The van der Waals surface area contributed by atoms with E-state index in [1.54, 1.807) is 6.07 Å².